The van der Waals surface area contributed by atoms with Crippen LogP contribution in [0.2, 0.25) is 0 Å². The lowest BCUT2D eigenvalue weighted by Crippen LogP contribution is -2.53. The smallest absolute Gasteiger partial charge is 0.152 e. The van der Waals surface area contributed by atoms with E-state index >= 15 is 0 Å². The van der Waals surface area contributed by atoms with Gasteiger partial charge in [0.1, 0.15) is 5.75 Å². The molecule has 0 unspecified atom stereocenters. The minimum Gasteiger partial charge on any atom is -0.497 e. The van der Waals surface area contributed by atoms with E-state index in [9.17, 15) is 8.42 Å². The maximum absolute atomic E-state index is 11.4. The second kappa shape index (κ2) is 4.31. The number of sulfone groups is 1. The van der Waals surface area contributed by atoms with Crippen molar-refractivity contribution in [3.8, 4) is 5.75 Å². The number of hydrogen-bond donors (Lipinski definition) is 1. The summed E-state index contributed by atoms with van der Waals surface area (Å²) in [5, 5.41) is 0. The molecule has 0 amide bonds. The van der Waals surface area contributed by atoms with Gasteiger partial charge in [-0.15, -0.1) is 0 Å². The topological polar surface area (TPSA) is 69.4 Å². The van der Waals surface area contributed by atoms with Crippen molar-refractivity contribution < 1.29 is 13.2 Å². The van der Waals surface area contributed by atoms with Gasteiger partial charge in [0.15, 0.2) is 9.84 Å². The van der Waals surface area contributed by atoms with Gasteiger partial charge in [-0.1, -0.05) is 12.1 Å². The fraction of sp³-hybridized carbons (Fsp3) is 0.500. The van der Waals surface area contributed by atoms with Crippen molar-refractivity contribution in [2.45, 2.75) is 11.8 Å². The highest BCUT2D eigenvalue weighted by Gasteiger charge is 2.48. The highest BCUT2D eigenvalue weighted by Crippen LogP contribution is 2.39. The highest BCUT2D eigenvalue weighted by molar-refractivity contribution is 7.93. The number of rotatable bonds is 4. The first-order chi connectivity index (χ1) is 8.01. The zero-order valence-corrected chi connectivity index (χ0v) is 10.7. The predicted octanol–water partition coefficient (Wildman–Crippen LogP) is 0.710. The van der Waals surface area contributed by atoms with Crippen LogP contribution in [0.4, 0.5) is 0 Å². The maximum atomic E-state index is 11.4. The Hall–Kier alpha value is -1.07. The van der Waals surface area contributed by atoms with Crippen molar-refractivity contribution in [3.63, 3.8) is 0 Å². The van der Waals surface area contributed by atoms with Crippen LogP contribution in [0, 0.1) is 0 Å². The van der Waals surface area contributed by atoms with Crippen molar-refractivity contribution in [1.29, 1.82) is 0 Å². The van der Waals surface area contributed by atoms with E-state index in [-0.39, 0.29) is 16.9 Å². The Kier molecular flexibility index (Phi) is 3.14. The molecule has 94 valence electrons. The molecule has 0 spiro atoms. The Labute approximate surface area is 102 Å². The zero-order valence-electron chi connectivity index (χ0n) is 9.85. The van der Waals surface area contributed by atoms with E-state index in [2.05, 4.69) is 0 Å². The van der Waals surface area contributed by atoms with E-state index < -0.39 is 9.84 Å². The summed E-state index contributed by atoms with van der Waals surface area (Å²) in [6, 6.07) is 7.59. The van der Waals surface area contributed by atoms with Crippen LogP contribution in [-0.4, -0.2) is 33.6 Å². The average Bonchev–Trinajstić information content (AvgIpc) is 2.27. The van der Waals surface area contributed by atoms with Crippen molar-refractivity contribution in [2.24, 2.45) is 5.73 Å². The molecule has 1 fully saturated rings. The standard InChI is InChI=1S/C12H17NO3S/c1-16-11-4-2-10(3-5-11)12(6-7-13)8-17(14,15)9-12/h2-5H,6-9,13H2,1H3. The molecule has 4 nitrogen and oxygen atoms in total. The Morgan fingerprint density at radius 3 is 2.29 bits per heavy atom. The molecule has 1 aliphatic heterocycles. The van der Waals surface area contributed by atoms with Crippen molar-refractivity contribution in [1.82, 2.24) is 0 Å². The summed E-state index contributed by atoms with van der Waals surface area (Å²) in [6.45, 7) is 0.502. The highest BCUT2D eigenvalue weighted by atomic mass is 32.2. The molecule has 2 rings (SSSR count). The predicted molar refractivity (Wildman–Crippen MR) is 67.0 cm³/mol. The first-order valence-electron chi connectivity index (χ1n) is 5.56. The Morgan fingerprint density at radius 2 is 1.88 bits per heavy atom. The number of benzene rings is 1. The number of methoxy groups -OCH3 is 1. The molecule has 1 aromatic rings. The van der Waals surface area contributed by atoms with E-state index in [0.29, 0.717) is 13.0 Å². The first-order valence-corrected chi connectivity index (χ1v) is 7.38. The second-order valence-corrected chi connectivity index (χ2v) is 6.64. The lowest BCUT2D eigenvalue weighted by molar-refractivity contribution is 0.411. The van der Waals surface area contributed by atoms with Gasteiger partial charge in [-0.2, -0.15) is 0 Å². The van der Waals surface area contributed by atoms with Gasteiger partial charge in [-0.25, -0.2) is 8.42 Å². The van der Waals surface area contributed by atoms with Crippen LogP contribution >= 0.6 is 0 Å². The minimum atomic E-state index is -2.86. The second-order valence-electron chi connectivity index (χ2n) is 4.58. The lowest BCUT2D eigenvalue weighted by Gasteiger charge is -2.41. The lowest BCUT2D eigenvalue weighted by atomic mass is 9.80. The number of ether oxygens (including phenoxy) is 1. The summed E-state index contributed by atoms with van der Waals surface area (Å²) < 4.78 is 27.9. The molecule has 1 aromatic carbocycles. The largest absolute Gasteiger partial charge is 0.497 e. The average molecular weight is 255 g/mol. The molecule has 0 radical (unpaired) electrons. The molecule has 5 heteroatoms. The van der Waals surface area contributed by atoms with Crippen LogP contribution in [0.25, 0.3) is 0 Å². The summed E-state index contributed by atoms with van der Waals surface area (Å²) >= 11 is 0. The molecule has 1 heterocycles. The van der Waals surface area contributed by atoms with Crippen molar-refractivity contribution in [3.05, 3.63) is 29.8 Å². The molecule has 17 heavy (non-hydrogen) atoms. The third-order valence-electron chi connectivity index (χ3n) is 3.32. The van der Waals surface area contributed by atoms with Gasteiger partial charge in [0, 0.05) is 5.41 Å². The Morgan fingerprint density at radius 1 is 1.29 bits per heavy atom. The SMILES string of the molecule is COc1ccc(C2(CCN)CS(=O)(=O)C2)cc1. The van der Waals surface area contributed by atoms with Crippen molar-refractivity contribution in [2.75, 3.05) is 25.2 Å². The Bertz CT molecular complexity index is 481. The van der Waals surface area contributed by atoms with E-state index in [4.69, 9.17) is 10.5 Å². The monoisotopic (exact) mass is 255 g/mol. The quantitative estimate of drug-likeness (QED) is 0.860. The van der Waals surface area contributed by atoms with Crippen LogP contribution in [0.5, 0.6) is 5.75 Å². The van der Waals surface area contributed by atoms with Crippen LogP contribution in [0.15, 0.2) is 24.3 Å². The van der Waals surface area contributed by atoms with E-state index in [0.717, 1.165) is 11.3 Å². The Balaban J connectivity index is 2.28. The molecule has 1 aliphatic rings. The van der Waals surface area contributed by atoms with E-state index in [1.165, 1.54) is 0 Å². The summed E-state index contributed by atoms with van der Waals surface area (Å²) in [5.41, 5.74) is 6.35. The third kappa shape index (κ3) is 2.30. The molecular weight excluding hydrogens is 238 g/mol. The van der Waals surface area contributed by atoms with Gasteiger partial charge < -0.3 is 10.5 Å². The molecule has 1 saturated heterocycles. The van der Waals surface area contributed by atoms with Crippen LogP contribution in [0.3, 0.4) is 0 Å². The maximum Gasteiger partial charge on any atom is 0.152 e. The van der Waals surface area contributed by atoms with Gasteiger partial charge in [0.25, 0.3) is 0 Å². The van der Waals surface area contributed by atoms with Crippen LogP contribution in [0.1, 0.15) is 12.0 Å². The zero-order chi connectivity index (χ0) is 12.5. The molecule has 2 N–H and O–H groups in total. The molecule has 0 aliphatic carbocycles. The van der Waals surface area contributed by atoms with Gasteiger partial charge >= 0.3 is 0 Å². The summed E-state index contributed by atoms with van der Waals surface area (Å²) in [4.78, 5) is 0. The van der Waals surface area contributed by atoms with Crippen LogP contribution < -0.4 is 10.5 Å². The third-order valence-corrected chi connectivity index (χ3v) is 5.30. The van der Waals surface area contributed by atoms with Gasteiger partial charge in [-0.3, -0.25) is 0 Å². The summed E-state index contributed by atoms with van der Waals surface area (Å²) in [5.74, 6) is 1.20. The molecule has 0 atom stereocenters. The first kappa shape index (κ1) is 12.4. The molecule has 0 aromatic heterocycles. The molecule has 0 saturated carbocycles. The number of hydrogen-bond acceptors (Lipinski definition) is 4. The van der Waals surface area contributed by atoms with Crippen molar-refractivity contribution >= 4 is 9.84 Å². The summed E-state index contributed by atoms with van der Waals surface area (Å²) in [7, 11) is -1.25. The molecular formula is C12H17NO3S. The van der Waals surface area contributed by atoms with Gasteiger partial charge in [-0.05, 0) is 30.7 Å². The van der Waals surface area contributed by atoms with Gasteiger partial charge in [0.2, 0.25) is 0 Å². The fourth-order valence-corrected chi connectivity index (χ4v) is 4.70. The molecule has 0 bridgehead atoms. The minimum absolute atomic E-state index is 0.212. The number of nitrogens with two attached hydrogens (primary N) is 1. The van der Waals surface area contributed by atoms with E-state index in [1.54, 1.807) is 7.11 Å². The van der Waals surface area contributed by atoms with Gasteiger partial charge in [0.05, 0.1) is 18.6 Å². The fourth-order valence-electron chi connectivity index (χ4n) is 2.48. The normalized spacial score (nSPS) is 20.6. The van der Waals surface area contributed by atoms with E-state index in [1.807, 2.05) is 24.3 Å². The van der Waals surface area contributed by atoms with Crippen LogP contribution in [-0.2, 0) is 15.3 Å². The summed E-state index contributed by atoms with van der Waals surface area (Å²) in [6.07, 6.45) is 0.707.